The predicted molar refractivity (Wildman–Crippen MR) is 105 cm³/mol. The standard InChI is InChI=1S/C16H29ClN8O/c17-12-14(20)24-13(19)11(23-12)15(26)25(16(21)22)10-8-6-4-2-1-3-5-7-9-18/h1-10,18H2,(H3,21,22)(H4,19,20,24). The summed E-state index contributed by atoms with van der Waals surface area (Å²) >= 11 is 5.80. The Morgan fingerprint density at radius 3 is 2.04 bits per heavy atom. The molecule has 0 atom stereocenters. The van der Waals surface area contributed by atoms with Crippen LogP contribution in [-0.2, 0) is 0 Å². The van der Waals surface area contributed by atoms with Crippen LogP contribution in [0.25, 0.3) is 0 Å². The van der Waals surface area contributed by atoms with Gasteiger partial charge in [-0.3, -0.25) is 15.1 Å². The molecule has 0 aliphatic rings. The number of anilines is 2. The topological polar surface area (TPSA) is 174 Å². The van der Waals surface area contributed by atoms with Crippen molar-refractivity contribution < 1.29 is 4.79 Å². The van der Waals surface area contributed by atoms with Crippen LogP contribution in [0, 0.1) is 5.41 Å². The molecule has 0 saturated carbocycles. The minimum atomic E-state index is -0.605. The Bertz CT molecular complexity index is 610. The minimum absolute atomic E-state index is 0.0541. The van der Waals surface area contributed by atoms with E-state index >= 15 is 0 Å². The molecular formula is C16H29ClN8O. The van der Waals surface area contributed by atoms with E-state index in [0.717, 1.165) is 43.5 Å². The lowest BCUT2D eigenvalue weighted by Crippen LogP contribution is -2.42. The maximum Gasteiger partial charge on any atom is 0.283 e. The minimum Gasteiger partial charge on any atom is -0.382 e. The Hall–Kier alpha value is -2.13. The quantitative estimate of drug-likeness (QED) is 0.219. The van der Waals surface area contributed by atoms with Gasteiger partial charge in [0.15, 0.2) is 28.4 Å². The molecule has 0 aliphatic carbocycles. The number of carbonyl (C=O) groups is 1. The molecule has 1 aromatic heterocycles. The van der Waals surface area contributed by atoms with Gasteiger partial charge in [-0.25, -0.2) is 9.97 Å². The smallest absolute Gasteiger partial charge is 0.283 e. The van der Waals surface area contributed by atoms with E-state index < -0.39 is 5.91 Å². The number of unbranched alkanes of at least 4 members (excludes halogenated alkanes) is 7. The first kappa shape index (κ1) is 21.9. The van der Waals surface area contributed by atoms with Crippen molar-refractivity contribution in [2.45, 2.75) is 51.4 Å². The zero-order chi connectivity index (χ0) is 19.5. The number of rotatable bonds is 11. The Balaban J connectivity index is 2.48. The van der Waals surface area contributed by atoms with Crippen molar-refractivity contribution in [3.63, 3.8) is 0 Å². The van der Waals surface area contributed by atoms with Crippen LogP contribution in [-0.4, -0.2) is 39.8 Å². The highest BCUT2D eigenvalue weighted by atomic mass is 35.5. The van der Waals surface area contributed by atoms with Crippen LogP contribution in [0.3, 0.4) is 0 Å². The number of halogens is 1. The van der Waals surface area contributed by atoms with Crippen molar-refractivity contribution >= 4 is 35.1 Å². The Morgan fingerprint density at radius 1 is 0.962 bits per heavy atom. The molecule has 1 rings (SSSR count). The van der Waals surface area contributed by atoms with Crippen LogP contribution in [0.4, 0.5) is 11.6 Å². The van der Waals surface area contributed by atoms with Gasteiger partial charge < -0.3 is 22.9 Å². The maximum atomic E-state index is 12.6. The molecule has 1 amide bonds. The van der Waals surface area contributed by atoms with E-state index in [-0.39, 0.29) is 28.4 Å². The van der Waals surface area contributed by atoms with Gasteiger partial charge in [0.1, 0.15) is 0 Å². The summed E-state index contributed by atoms with van der Waals surface area (Å²) < 4.78 is 0. The lowest BCUT2D eigenvalue weighted by Gasteiger charge is -2.20. The first-order valence-electron chi connectivity index (χ1n) is 8.83. The number of hydrogen-bond acceptors (Lipinski definition) is 7. The monoisotopic (exact) mass is 384 g/mol. The SMILES string of the molecule is N=C(N)N(CCCCCCCCCCN)C(=O)c1nc(Cl)c(N)nc1N. The third-order valence-corrected chi connectivity index (χ3v) is 4.26. The number of nitrogen functional groups attached to an aromatic ring is 2. The summed E-state index contributed by atoms with van der Waals surface area (Å²) in [6, 6.07) is 0. The molecule has 0 unspecified atom stereocenters. The summed E-state index contributed by atoms with van der Waals surface area (Å²) in [5, 5.41) is 7.52. The molecule has 0 aliphatic heterocycles. The lowest BCUT2D eigenvalue weighted by atomic mass is 10.1. The van der Waals surface area contributed by atoms with E-state index in [0.29, 0.717) is 6.54 Å². The van der Waals surface area contributed by atoms with Gasteiger partial charge in [-0.15, -0.1) is 0 Å². The molecule has 10 heteroatoms. The third-order valence-electron chi connectivity index (χ3n) is 3.98. The maximum absolute atomic E-state index is 12.6. The molecule has 1 aromatic rings. The van der Waals surface area contributed by atoms with Crippen LogP contribution in [0.15, 0.2) is 0 Å². The third kappa shape index (κ3) is 7.01. The molecule has 1 heterocycles. The predicted octanol–water partition coefficient (Wildman–Crippen LogP) is 1.71. The Morgan fingerprint density at radius 2 is 1.50 bits per heavy atom. The Labute approximate surface area is 159 Å². The van der Waals surface area contributed by atoms with Gasteiger partial charge in [0.25, 0.3) is 5.91 Å². The van der Waals surface area contributed by atoms with Gasteiger partial charge in [-0.05, 0) is 19.4 Å². The van der Waals surface area contributed by atoms with Crippen LogP contribution >= 0.6 is 11.6 Å². The molecule has 0 radical (unpaired) electrons. The van der Waals surface area contributed by atoms with Crippen LogP contribution in [0.5, 0.6) is 0 Å². The molecule has 0 fully saturated rings. The van der Waals surface area contributed by atoms with Crippen molar-refractivity contribution in [1.82, 2.24) is 14.9 Å². The van der Waals surface area contributed by atoms with Crippen LogP contribution in [0.1, 0.15) is 61.9 Å². The van der Waals surface area contributed by atoms with Gasteiger partial charge in [0.05, 0.1) is 0 Å². The first-order chi connectivity index (χ1) is 12.4. The number of nitrogens with two attached hydrogens (primary N) is 4. The number of nitrogens with one attached hydrogen (secondary N) is 1. The molecule has 0 bridgehead atoms. The number of carbonyl (C=O) groups excluding carboxylic acids is 1. The molecular weight excluding hydrogens is 356 g/mol. The van der Waals surface area contributed by atoms with Gasteiger partial charge in [0.2, 0.25) is 0 Å². The largest absolute Gasteiger partial charge is 0.382 e. The fourth-order valence-corrected chi connectivity index (χ4v) is 2.66. The molecule has 9 N–H and O–H groups in total. The van der Waals surface area contributed by atoms with Gasteiger partial charge in [0, 0.05) is 6.54 Å². The first-order valence-corrected chi connectivity index (χ1v) is 9.20. The molecule has 0 aromatic carbocycles. The molecule has 0 spiro atoms. The lowest BCUT2D eigenvalue weighted by molar-refractivity contribution is 0.0838. The second-order valence-electron chi connectivity index (χ2n) is 6.09. The van der Waals surface area contributed by atoms with Gasteiger partial charge in [-0.1, -0.05) is 50.1 Å². The van der Waals surface area contributed by atoms with Crippen molar-refractivity contribution in [3.8, 4) is 0 Å². The number of nitrogens with zero attached hydrogens (tertiary/aromatic N) is 3. The zero-order valence-electron chi connectivity index (χ0n) is 15.0. The molecule has 146 valence electrons. The van der Waals surface area contributed by atoms with Crippen molar-refractivity contribution in [3.05, 3.63) is 10.8 Å². The van der Waals surface area contributed by atoms with Crippen molar-refractivity contribution in [2.24, 2.45) is 11.5 Å². The highest BCUT2D eigenvalue weighted by Crippen LogP contribution is 2.19. The van der Waals surface area contributed by atoms with E-state index in [1.54, 1.807) is 0 Å². The van der Waals surface area contributed by atoms with E-state index in [1.165, 1.54) is 19.3 Å². The van der Waals surface area contributed by atoms with Crippen LogP contribution < -0.4 is 22.9 Å². The number of hydrogen-bond donors (Lipinski definition) is 5. The highest BCUT2D eigenvalue weighted by molar-refractivity contribution is 6.31. The van der Waals surface area contributed by atoms with E-state index in [1.807, 2.05) is 0 Å². The summed E-state index contributed by atoms with van der Waals surface area (Å²) in [5.41, 5.74) is 22.0. The fourth-order valence-electron chi connectivity index (χ4n) is 2.53. The molecule has 9 nitrogen and oxygen atoms in total. The second kappa shape index (κ2) is 11.5. The fraction of sp³-hybridized carbons (Fsp3) is 0.625. The number of aromatic nitrogens is 2. The van der Waals surface area contributed by atoms with E-state index in [2.05, 4.69) is 9.97 Å². The molecule has 0 saturated heterocycles. The average molecular weight is 385 g/mol. The number of guanidine groups is 1. The summed E-state index contributed by atoms with van der Waals surface area (Å²) in [7, 11) is 0. The Kier molecular flexibility index (Phi) is 9.67. The summed E-state index contributed by atoms with van der Waals surface area (Å²) in [4.78, 5) is 21.3. The van der Waals surface area contributed by atoms with Crippen LogP contribution in [0.2, 0.25) is 5.15 Å². The summed E-state index contributed by atoms with van der Waals surface area (Å²) in [6.07, 6.45) is 8.52. The highest BCUT2D eigenvalue weighted by Gasteiger charge is 2.23. The zero-order valence-corrected chi connectivity index (χ0v) is 15.8. The summed E-state index contributed by atoms with van der Waals surface area (Å²) in [6.45, 7) is 1.06. The average Bonchev–Trinajstić information content (AvgIpc) is 2.59. The molecule has 26 heavy (non-hydrogen) atoms. The number of amides is 1. The van der Waals surface area contributed by atoms with Crippen molar-refractivity contribution in [2.75, 3.05) is 24.6 Å². The van der Waals surface area contributed by atoms with Gasteiger partial charge >= 0.3 is 0 Å². The second-order valence-corrected chi connectivity index (χ2v) is 6.45. The van der Waals surface area contributed by atoms with E-state index in [4.69, 9.17) is 39.9 Å². The normalized spacial score (nSPS) is 10.7. The summed E-state index contributed by atoms with van der Waals surface area (Å²) in [5.74, 6) is -1.17. The van der Waals surface area contributed by atoms with Crippen molar-refractivity contribution in [1.29, 1.82) is 5.41 Å². The van der Waals surface area contributed by atoms with Gasteiger partial charge in [-0.2, -0.15) is 0 Å². The van der Waals surface area contributed by atoms with E-state index in [9.17, 15) is 4.79 Å².